The molecule has 0 aromatic rings. The molecule has 4 nitrogen and oxygen atoms in total. The van der Waals surface area contributed by atoms with Gasteiger partial charge in [-0.25, -0.2) is 0 Å². The molecule has 5 aliphatic carbocycles. The Morgan fingerprint density at radius 1 is 1.26 bits per heavy atom. The van der Waals surface area contributed by atoms with Gasteiger partial charge in [0, 0.05) is 30.5 Å². The minimum atomic E-state index is -0.0169. The fourth-order valence-corrected chi connectivity index (χ4v) is 7.08. The van der Waals surface area contributed by atoms with Crippen LogP contribution in [-0.2, 0) is 9.53 Å². The fourth-order valence-electron chi connectivity index (χ4n) is 7.08. The van der Waals surface area contributed by atoms with Crippen molar-refractivity contribution in [2.75, 3.05) is 26.3 Å². The Hall–Kier alpha value is -0.870. The van der Waals surface area contributed by atoms with Gasteiger partial charge in [-0.1, -0.05) is 18.6 Å². The summed E-state index contributed by atoms with van der Waals surface area (Å²) in [5, 5.41) is 0. The van der Waals surface area contributed by atoms with Crippen molar-refractivity contribution >= 4 is 5.91 Å². The second-order valence-electron chi connectivity index (χ2n) is 8.61. The number of hydrogen-bond donors (Lipinski definition) is 1. The Labute approximate surface area is 138 Å². The number of hydrogen-bond acceptors (Lipinski definition) is 3. The van der Waals surface area contributed by atoms with Gasteiger partial charge in [-0.3, -0.25) is 4.79 Å². The molecule has 6 fully saturated rings. The molecule has 4 heteroatoms. The molecule has 0 aromatic heterocycles. The van der Waals surface area contributed by atoms with Crippen LogP contribution < -0.4 is 5.73 Å². The van der Waals surface area contributed by atoms with Gasteiger partial charge in [0.1, 0.15) is 0 Å². The second kappa shape index (κ2) is 4.60. The third-order valence-electron chi connectivity index (χ3n) is 8.02. The van der Waals surface area contributed by atoms with E-state index in [1.165, 1.54) is 24.8 Å². The highest BCUT2D eigenvalue weighted by Gasteiger charge is 2.81. The maximum atomic E-state index is 13.0. The molecular weight excluding hydrogens is 288 g/mol. The molecule has 2 N–H and O–H groups in total. The lowest BCUT2D eigenvalue weighted by Crippen LogP contribution is -2.55. The highest BCUT2D eigenvalue weighted by atomic mass is 16.5. The second-order valence-corrected chi connectivity index (χ2v) is 8.61. The molecule has 0 aromatic carbocycles. The topological polar surface area (TPSA) is 55.6 Å². The summed E-state index contributed by atoms with van der Waals surface area (Å²) < 4.78 is 5.40. The van der Waals surface area contributed by atoms with Gasteiger partial charge in [0.15, 0.2) is 0 Å². The van der Waals surface area contributed by atoms with Gasteiger partial charge in [0.2, 0.25) is 5.91 Å². The molecule has 126 valence electrons. The standard InChI is InChI=1S/C19H28N2O2/c1-12-14-4-5-15-16(12)19(15,20)18(14)6-2-3-13(11-18)17(22)21-7-9-23-10-8-21/h13-16H,1-11,20H2/t13-,14-,15+,16?,18+,19+/m1/s1. The summed E-state index contributed by atoms with van der Waals surface area (Å²) in [5.74, 6) is 2.36. The third kappa shape index (κ3) is 1.62. The lowest BCUT2D eigenvalue weighted by molar-refractivity contribution is -0.143. The van der Waals surface area contributed by atoms with Gasteiger partial charge in [0.25, 0.3) is 0 Å². The Morgan fingerprint density at radius 2 is 2.04 bits per heavy atom. The molecule has 0 radical (unpaired) electrons. The SMILES string of the molecule is C=C1C2[C@@H]3CC[C@H]1[C@@]1(CCC[C@@H](C(=O)N4CCOCC4)C1)[C@@]23N. The van der Waals surface area contributed by atoms with Crippen molar-refractivity contribution < 1.29 is 9.53 Å². The Kier molecular flexibility index (Phi) is 2.90. The van der Waals surface area contributed by atoms with Crippen LogP contribution in [0.3, 0.4) is 0 Å². The fraction of sp³-hybridized carbons (Fsp3) is 0.842. The zero-order valence-electron chi connectivity index (χ0n) is 13.9. The first-order valence-electron chi connectivity index (χ1n) is 9.44. The van der Waals surface area contributed by atoms with E-state index in [0.29, 0.717) is 36.9 Å². The molecule has 6 rings (SSSR count). The largest absolute Gasteiger partial charge is 0.378 e. The normalized spacial score (nSPS) is 51.2. The van der Waals surface area contributed by atoms with Crippen molar-refractivity contribution in [3.63, 3.8) is 0 Å². The van der Waals surface area contributed by atoms with E-state index >= 15 is 0 Å². The van der Waals surface area contributed by atoms with Crippen LogP contribution >= 0.6 is 0 Å². The van der Waals surface area contributed by atoms with Crippen LogP contribution in [0, 0.1) is 29.1 Å². The summed E-state index contributed by atoms with van der Waals surface area (Å²) in [7, 11) is 0. The van der Waals surface area contributed by atoms with E-state index in [2.05, 4.69) is 6.58 Å². The number of ether oxygens (including phenoxy) is 1. The summed E-state index contributed by atoms with van der Waals surface area (Å²) in [6.45, 7) is 7.32. The van der Waals surface area contributed by atoms with Crippen LogP contribution in [0.25, 0.3) is 0 Å². The summed E-state index contributed by atoms with van der Waals surface area (Å²) >= 11 is 0. The predicted molar refractivity (Wildman–Crippen MR) is 87.6 cm³/mol. The van der Waals surface area contributed by atoms with E-state index in [-0.39, 0.29) is 16.9 Å². The molecule has 1 heterocycles. The van der Waals surface area contributed by atoms with Gasteiger partial charge < -0.3 is 15.4 Å². The number of fused-ring (bicyclic) bond motifs is 1. The van der Waals surface area contributed by atoms with Gasteiger partial charge in [0.05, 0.1) is 13.2 Å². The van der Waals surface area contributed by atoms with E-state index in [1.54, 1.807) is 0 Å². The van der Waals surface area contributed by atoms with Crippen LogP contribution in [-0.4, -0.2) is 42.6 Å². The van der Waals surface area contributed by atoms with Crippen LogP contribution in [0.1, 0.15) is 38.5 Å². The highest BCUT2D eigenvalue weighted by Crippen LogP contribution is 2.80. The van der Waals surface area contributed by atoms with Gasteiger partial charge in [-0.2, -0.15) is 0 Å². The Morgan fingerprint density at radius 3 is 2.70 bits per heavy atom. The first kappa shape index (κ1) is 14.5. The molecule has 1 spiro atoms. The summed E-state index contributed by atoms with van der Waals surface area (Å²) in [6.07, 6.45) is 6.97. The molecule has 4 bridgehead atoms. The number of morpholine rings is 1. The predicted octanol–water partition coefficient (Wildman–Crippen LogP) is 1.95. The molecule has 23 heavy (non-hydrogen) atoms. The summed E-state index contributed by atoms with van der Waals surface area (Å²) in [4.78, 5) is 15.0. The number of nitrogens with zero attached hydrogens (tertiary/aromatic N) is 1. The zero-order valence-corrected chi connectivity index (χ0v) is 13.9. The van der Waals surface area contributed by atoms with Crippen LogP contribution in [0.4, 0.5) is 0 Å². The van der Waals surface area contributed by atoms with E-state index in [1.807, 2.05) is 4.90 Å². The minimum Gasteiger partial charge on any atom is -0.378 e. The van der Waals surface area contributed by atoms with Crippen molar-refractivity contribution in [1.82, 2.24) is 4.90 Å². The van der Waals surface area contributed by atoms with E-state index in [4.69, 9.17) is 10.5 Å². The average Bonchev–Trinajstić information content (AvgIpc) is 3.20. The number of nitrogens with two attached hydrogens (primary N) is 1. The molecule has 6 atom stereocenters. The molecule has 5 saturated carbocycles. The van der Waals surface area contributed by atoms with E-state index in [9.17, 15) is 4.79 Å². The van der Waals surface area contributed by atoms with Crippen LogP contribution in [0.2, 0.25) is 0 Å². The molecule has 1 unspecified atom stereocenters. The maximum Gasteiger partial charge on any atom is 0.225 e. The summed E-state index contributed by atoms with van der Waals surface area (Å²) in [5.41, 5.74) is 8.57. The highest BCUT2D eigenvalue weighted by molar-refractivity contribution is 5.79. The molecule has 6 aliphatic rings. The van der Waals surface area contributed by atoms with Gasteiger partial charge in [-0.05, 0) is 49.4 Å². The van der Waals surface area contributed by atoms with E-state index < -0.39 is 0 Å². The molecule has 1 saturated heterocycles. The lowest BCUT2D eigenvalue weighted by atomic mass is 9.55. The van der Waals surface area contributed by atoms with Crippen LogP contribution in [0.5, 0.6) is 0 Å². The van der Waals surface area contributed by atoms with Crippen molar-refractivity contribution in [3.8, 4) is 0 Å². The minimum absolute atomic E-state index is 0.0169. The smallest absolute Gasteiger partial charge is 0.225 e. The Balaban J connectivity index is 1.41. The first-order valence-corrected chi connectivity index (χ1v) is 9.44. The monoisotopic (exact) mass is 316 g/mol. The Bertz CT molecular complexity index is 570. The van der Waals surface area contributed by atoms with E-state index in [0.717, 1.165) is 32.4 Å². The average molecular weight is 316 g/mol. The zero-order chi connectivity index (χ0) is 15.8. The molecular formula is C19H28N2O2. The van der Waals surface area contributed by atoms with Crippen molar-refractivity contribution in [2.45, 2.75) is 44.1 Å². The van der Waals surface area contributed by atoms with Crippen molar-refractivity contribution in [3.05, 3.63) is 12.2 Å². The number of carbonyl (C=O) groups excluding carboxylic acids is 1. The maximum absolute atomic E-state index is 13.0. The van der Waals surface area contributed by atoms with Gasteiger partial charge >= 0.3 is 0 Å². The van der Waals surface area contributed by atoms with Crippen LogP contribution in [0.15, 0.2) is 12.2 Å². The number of carbonyl (C=O) groups is 1. The third-order valence-corrected chi connectivity index (χ3v) is 8.02. The molecule has 1 aliphatic heterocycles. The number of amides is 1. The van der Waals surface area contributed by atoms with Crippen molar-refractivity contribution in [2.24, 2.45) is 34.8 Å². The molecule has 1 amide bonds. The van der Waals surface area contributed by atoms with Gasteiger partial charge in [-0.15, -0.1) is 0 Å². The van der Waals surface area contributed by atoms with Crippen molar-refractivity contribution in [1.29, 1.82) is 0 Å². The first-order chi connectivity index (χ1) is 11.1. The quantitative estimate of drug-likeness (QED) is 0.752. The summed E-state index contributed by atoms with van der Waals surface area (Å²) in [6, 6.07) is 0. The lowest BCUT2D eigenvalue weighted by Gasteiger charge is -2.51. The number of rotatable bonds is 1.